The minimum Gasteiger partial charge on any atom is -0.481 e. The van der Waals surface area contributed by atoms with Crippen molar-refractivity contribution >= 4 is 22.7 Å². The molecule has 2 aromatic carbocycles. The number of carbonyl (C=O) groups excluding carboxylic acids is 2. The lowest BCUT2D eigenvalue weighted by Crippen LogP contribution is -2.57. The van der Waals surface area contributed by atoms with E-state index in [-0.39, 0.29) is 17.9 Å². The van der Waals surface area contributed by atoms with Gasteiger partial charge in [0.1, 0.15) is 5.75 Å². The number of aromatic amines is 1. The van der Waals surface area contributed by atoms with E-state index < -0.39 is 6.10 Å². The maximum Gasteiger partial charge on any atom is 0.263 e. The second-order valence-corrected chi connectivity index (χ2v) is 7.38. The average Bonchev–Trinajstić information content (AvgIpc) is 3.21. The van der Waals surface area contributed by atoms with E-state index in [1.807, 2.05) is 60.4 Å². The van der Waals surface area contributed by atoms with Gasteiger partial charge in [-0.2, -0.15) is 5.10 Å². The largest absolute Gasteiger partial charge is 0.481 e. The fraction of sp³-hybridized carbons (Fsp3) is 0.318. The van der Waals surface area contributed by atoms with Crippen LogP contribution in [0.15, 0.2) is 54.7 Å². The van der Waals surface area contributed by atoms with Crippen LogP contribution in [-0.2, 0) is 4.79 Å². The molecule has 1 unspecified atom stereocenters. The molecule has 1 fully saturated rings. The third kappa shape index (κ3) is 3.94. The Hall–Kier alpha value is -3.35. The molecule has 150 valence electrons. The van der Waals surface area contributed by atoms with Crippen molar-refractivity contribution in [1.29, 1.82) is 0 Å². The lowest BCUT2D eigenvalue weighted by Gasteiger charge is -2.40. The van der Waals surface area contributed by atoms with Gasteiger partial charge in [-0.05, 0) is 38.1 Å². The number of hydrogen-bond acceptors (Lipinski definition) is 4. The van der Waals surface area contributed by atoms with E-state index in [9.17, 15) is 9.59 Å². The van der Waals surface area contributed by atoms with E-state index >= 15 is 0 Å². The Labute approximate surface area is 169 Å². The number of ether oxygens (including phenoxy) is 1. The summed E-state index contributed by atoms with van der Waals surface area (Å²) in [7, 11) is 0. The summed E-state index contributed by atoms with van der Waals surface area (Å²) in [6.45, 7) is 5.23. The molecule has 0 spiro atoms. The smallest absolute Gasteiger partial charge is 0.263 e. The molecule has 1 saturated heterocycles. The number of carbonyl (C=O) groups is 2. The lowest BCUT2D eigenvalue weighted by molar-refractivity contribution is -0.142. The zero-order valence-electron chi connectivity index (χ0n) is 16.5. The van der Waals surface area contributed by atoms with Crippen LogP contribution < -0.4 is 4.74 Å². The van der Waals surface area contributed by atoms with Crippen molar-refractivity contribution in [3.8, 4) is 5.75 Å². The van der Waals surface area contributed by atoms with Crippen LogP contribution in [0.4, 0.5) is 0 Å². The van der Waals surface area contributed by atoms with Crippen molar-refractivity contribution in [2.24, 2.45) is 0 Å². The molecule has 7 heteroatoms. The average molecular weight is 392 g/mol. The number of piperazine rings is 1. The van der Waals surface area contributed by atoms with Gasteiger partial charge < -0.3 is 14.5 Å². The molecular weight excluding hydrogens is 368 g/mol. The quantitative estimate of drug-likeness (QED) is 0.741. The summed E-state index contributed by atoms with van der Waals surface area (Å²) >= 11 is 0. The highest BCUT2D eigenvalue weighted by Gasteiger charge is 2.32. The minimum atomic E-state index is -0.616. The normalized spacial score (nSPS) is 17.9. The summed E-state index contributed by atoms with van der Waals surface area (Å²) in [6.07, 6.45) is 1.13. The standard InChI is InChI=1S/C22H24N4O3/c1-15-14-25(22(28)17-6-4-3-5-7-17)10-11-26(15)21(27)16(2)29-19-9-8-18-13-23-24-20(18)12-19/h3-9,12-13,15-16H,10-11,14H2,1-2H3,(H,23,24)/t15-,16?/m1/s1. The van der Waals surface area contributed by atoms with Crippen molar-refractivity contribution in [3.63, 3.8) is 0 Å². The number of rotatable bonds is 4. The zero-order chi connectivity index (χ0) is 20.4. The number of H-pyrrole nitrogens is 1. The van der Waals surface area contributed by atoms with Crippen LogP contribution in [0.2, 0.25) is 0 Å². The summed E-state index contributed by atoms with van der Waals surface area (Å²) in [4.78, 5) is 29.2. The predicted octanol–water partition coefficient (Wildman–Crippen LogP) is 2.70. The first kappa shape index (κ1) is 19.0. The number of hydrogen-bond donors (Lipinski definition) is 1. The molecule has 4 rings (SSSR count). The van der Waals surface area contributed by atoms with Gasteiger partial charge >= 0.3 is 0 Å². The van der Waals surface area contributed by atoms with Gasteiger partial charge in [-0.25, -0.2) is 0 Å². The van der Waals surface area contributed by atoms with Gasteiger partial charge in [0.15, 0.2) is 6.10 Å². The van der Waals surface area contributed by atoms with Gasteiger partial charge in [-0.3, -0.25) is 14.7 Å². The molecule has 29 heavy (non-hydrogen) atoms. The topological polar surface area (TPSA) is 78.5 Å². The highest BCUT2D eigenvalue weighted by atomic mass is 16.5. The first-order valence-corrected chi connectivity index (χ1v) is 9.77. The van der Waals surface area contributed by atoms with Gasteiger partial charge in [0.25, 0.3) is 11.8 Å². The second-order valence-electron chi connectivity index (χ2n) is 7.38. The Balaban J connectivity index is 1.38. The number of nitrogens with one attached hydrogen (secondary N) is 1. The number of nitrogens with zero attached hydrogens (tertiary/aromatic N) is 3. The van der Waals surface area contributed by atoms with Crippen molar-refractivity contribution in [1.82, 2.24) is 20.0 Å². The van der Waals surface area contributed by atoms with Gasteiger partial charge in [0.2, 0.25) is 0 Å². The van der Waals surface area contributed by atoms with E-state index in [1.165, 1.54) is 0 Å². The Bertz CT molecular complexity index is 1020. The summed E-state index contributed by atoms with van der Waals surface area (Å²) in [5, 5.41) is 7.88. The molecule has 1 aromatic heterocycles. The maximum atomic E-state index is 13.0. The number of fused-ring (bicyclic) bond motifs is 1. The van der Waals surface area contributed by atoms with E-state index in [2.05, 4.69) is 10.2 Å². The van der Waals surface area contributed by atoms with E-state index in [4.69, 9.17) is 4.74 Å². The summed E-state index contributed by atoms with van der Waals surface area (Å²) < 4.78 is 5.88. The molecule has 0 aliphatic carbocycles. The minimum absolute atomic E-state index is 0.00158. The monoisotopic (exact) mass is 392 g/mol. The van der Waals surface area contributed by atoms with E-state index in [0.29, 0.717) is 30.9 Å². The zero-order valence-corrected chi connectivity index (χ0v) is 16.5. The van der Waals surface area contributed by atoms with Gasteiger partial charge in [-0.1, -0.05) is 18.2 Å². The Morgan fingerprint density at radius 1 is 1.17 bits per heavy atom. The fourth-order valence-electron chi connectivity index (χ4n) is 3.71. The summed E-state index contributed by atoms with van der Waals surface area (Å²) in [6, 6.07) is 14.7. The third-order valence-corrected chi connectivity index (χ3v) is 5.29. The molecule has 2 atom stereocenters. The van der Waals surface area contributed by atoms with Gasteiger partial charge in [-0.15, -0.1) is 0 Å². The van der Waals surface area contributed by atoms with Crippen molar-refractivity contribution in [3.05, 3.63) is 60.3 Å². The Morgan fingerprint density at radius 3 is 2.72 bits per heavy atom. The number of amides is 2. The molecule has 1 aliphatic rings. The molecule has 2 amide bonds. The highest BCUT2D eigenvalue weighted by molar-refractivity contribution is 5.94. The summed E-state index contributed by atoms with van der Waals surface area (Å²) in [5.41, 5.74) is 1.54. The van der Waals surface area contributed by atoms with E-state index in [1.54, 1.807) is 18.0 Å². The SMILES string of the molecule is CC(Oc1ccc2cn[nH]c2c1)C(=O)N1CCN(C(=O)c2ccccc2)C[C@H]1C. The molecule has 0 bridgehead atoms. The number of aromatic nitrogens is 2. The lowest BCUT2D eigenvalue weighted by atomic mass is 10.1. The predicted molar refractivity (Wildman–Crippen MR) is 110 cm³/mol. The third-order valence-electron chi connectivity index (χ3n) is 5.29. The number of benzene rings is 2. The fourth-order valence-corrected chi connectivity index (χ4v) is 3.71. The van der Waals surface area contributed by atoms with Crippen LogP contribution in [-0.4, -0.2) is 63.6 Å². The molecule has 0 radical (unpaired) electrons. The highest BCUT2D eigenvalue weighted by Crippen LogP contribution is 2.21. The van der Waals surface area contributed by atoms with Crippen LogP contribution in [0.5, 0.6) is 5.75 Å². The molecule has 3 aromatic rings. The molecule has 1 N–H and O–H groups in total. The van der Waals surface area contributed by atoms with Crippen molar-refractivity contribution < 1.29 is 14.3 Å². The maximum absolute atomic E-state index is 13.0. The first-order valence-electron chi connectivity index (χ1n) is 9.77. The Morgan fingerprint density at radius 2 is 1.97 bits per heavy atom. The summed E-state index contributed by atoms with van der Waals surface area (Å²) in [5.74, 6) is 0.545. The van der Waals surface area contributed by atoms with Crippen LogP contribution in [0, 0.1) is 0 Å². The van der Waals surface area contributed by atoms with Crippen LogP contribution in [0.3, 0.4) is 0 Å². The van der Waals surface area contributed by atoms with Crippen molar-refractivity contribution in [2.75, 3.05) is 19.6 Å². The van der Waals surface area contributed by atoms with Crippen LogP contribution >= 0.6 is 0 Å². The molecule has 2 heterocycles. The first-order chi connectivity index (χ1) is 14.0. The molecule has 1 aliphatic heterocycles. The van der Waals surface area contributed by atoms with E-state index in [0.717, 1.165) is 10.9 Å². The van der Waals surface area contributed by atoms with Crippen molar-refractivity contribution in [2.45, 2.75) is 26.0 Å². The molecule has 7 nitrogen and oxygen atoms in total. The Kier molecular flexibility index (Phi) is 5.20. The van der Waals surface area contributed by atoms with Gasteiger partial charge in [0, 0.05) is 42.7 Å². The molecule has 0 saturated carbocycles. The van der Waals surface area contributed by atoms with Crippen LogP contribution in [0.25, 0.3) is 10.9 Å². The second kappa shape index (κ2) is 7.95. The molecular formula is C22H24N4O3. The van der Waals surface area contributed by atoms with Gasteiger partial charge in [0.05, 0.1) is 11.7 Å². The van der Waals surface area contributed by atoms with Crippen LogP contribution in [0.1, 0.15) is 24.2 Å².